The molecule has 1 spiro atoms. The molecule has 1 amide bonds. The molecule has 8 heteroatoms. The van der Waals surface area contributed by atoms with Crippen molar-refractivity contribution in [1.29, 1.82) is 0 Å². The highest BCUT2D eigenvalue weighted by atomic mass is 16.3. The lowest BCUT2D eigenvalue weighted by atomic mass is 10.00. The first kappa shape index (κ1) is 14.0. The summed E-state index contributed by atoms with van der Waals surface area (Å²) in [7, 11) is 0. The highest BCUT2D eigenvalue weighted by Crippen LogP contribution is 2.47. The Balaban J connectivity index is 1.93. The lowest BCUT2D eigenvalue weighted by Gasteiger charge is -2.32. The number of aliphatic hydroxyl groups is 1. The number of benzene rings is 2. The molecule has 0 radical (unpaired) electrons. The third-order valence-corrected chi connectivity index (χ3v) is 4.66. The number of nitrogens with one attached hydrogen (secondary N) is 1. The molecule has 2 aliphatic rings. The number of aliphatic imine (C=N–C) groups is 1. The maximum absolute atomic E-state index is 13.3. The van der Waals surface area contributed by atoms with Gasteiger partial charge in [-0.1, -0.05) is 30.3 Å². The SMILES string of the molecule is NC1=NC2(C(=O)N(CO)c3ccccc32)n2c(nc3ccccc32)N1. The second kappa shape index (κ2) is 4.58. The first-order valence-electron chi connectivity index (χ1n) is 7.79. The fourth-order valence-corrected chi connectivity index (χ4v) is 3.69. The number of fused-ring (bicyclic) bond motifs is 6. The van der Waals surface area contributed by atoms with Gasteiger partial charge in [0.25, 0.3) is 5.91 Å². The lowest BCUT2D eigenvalue weighted by Crippen LogP contribution is -2.49. The Morgan fingerprint density at radius 1 is 1.16 bits per heavy atom. The van der Waals surface area contributed by atoms with Crippen LogP contribution in [0, 0.1) is 0 Å². The Morgan fingerprint density at radius 3 is 2.76 bits per heavy atom. The van der Waals surface area contributed by atoms with Gasteiger partial charge in [-0.05, 0) is 18.2 Å². The number of para-hydroxylation sites is 3. The summed E-state index contributed by atoms with van der Waals surface area (Å²) in [6.45, 7) is -0.442. The molecule has 1 unspecified atom stereocenters. The van der Waals surface area contributed by atoms with Gasteiger partial charge >= 0.3 is 0 Å². The minimum absolute atomic E-state index is 0.103. The largest absolute Gasteiger partial charge is 0.376 e. The normalized spacial score (nSPS) is 21.2. The Morgan fingerprint density at radius 2 is 1.92 bits per heavy atom. The molecular weight excluding hydrogens is 320 g/mol. The standard InChI is InChI=1S/C17H14N6O2/c18-15-20-16-19-11-6-2-4-8-13(11)23(16)17(21-15)10-5-1-3-7-12(10)22(9-24)14(17)25/h1-8,24H,9H2,(H3,18,19,20,21). The number of rotatable bonds is 1. The number of nitrogens with two attached hydrogens (primary N) is 1. The van der Waals surface area contributed by atoms with Crippen molar-refractivity contribution in [2.24, 2.45) is 10.7 Å². The molecule has 3 aromatic rings. The second-order valence-corrected chi connectivity index (χ2v) is 5.95. The van der Waals surface area contributed by atoms with Crippen LogP contribution < -0.4 is 16.0 Å². The zero-order chi connectivity index (χ0) is 17.2. The van der Waals surface area contributed by atoms with E-state index in [-0.39, 0.29) is 11.9 Å². The van der Waals surface area contributed by atoms with Crippen molar-refractivity contribution in [2.75, 3.05) is 16.9 Å². The third kappa shape index (κ3) is 1.56. The summed E-state index contributed by atoms with van der Waals surface area (Å²) in [5.41, 5.74) is 7.31. The van der Waals surface area contributed by atoms with E-state index in [1.807, 2.05) is 42.5 Å². The van der Waals surface area contributed by atoms with Gasteiger partial charge in [0.15, 0.2) is 5.96 Å². The third-order valence-electron chi connectivity index (χ3n) is 4.66. The van der Waals surface area contributed by atoms with E-state index in [9.17, 15) is 9.90 Å². The van der Waals surface area contributed by atoms with Gasteiger partial charge in [0.2, 0.25) is 11.6 Å². The van der Waals surface area contributed by atoms with E-state index in [1.165, 1.54) is 4.90 Å². The van der Waals surface area contributed by atoms with E-state index < -0.39 is 12.4 Å². The maximum atomic E-state index is 13.3. The van der Waals surface area contributed by atoms with Gasteiger partial charge in [0.05, 0.1) is 16.7 Å². The maximum Gasteiger partial charge on any atom is 0.283 e. The van der Waals surface area contributed by atoms with Crippen molar-refractivity contribution in [3.05, 3.63) is 54.1 Å². The Bertz CT molecular complexity index is 1070. The Labute approximate surface area is 142 Å². The van der Waals surface area contributed by atoms with Crippen LogP contribution in [-0.2, 0) is 10.5 Å². The Kier molecular flexibility index (Phi) is 2.56. The molecule has 1 aromatic heterocycles. The van der Waals surface area contributed by atoms with Gasteiger partial charge in [-0.3, -0.25) is 19.6 Å². The number of hydrogen-bond donors (Lipinski definition) is 3. The van der Waals surface area contributed by atoms with Crippen LogP contribution in [0.4, 0.5) is 11.6 Å². The number of carbonyl (C=O) groups is 1. The minimum atomic E-state index is -1.42. The summed E-state index contributed by atoms with van der Waals surface area (Å²) in [5.74, 6) is 0.174. The monoisotopic (exact) mass is 334 g/mol. The molecule has 8 nitrogen and oxygen atoms in total. The number of hydrogen-bond acceptors (Lipinski definition) is 6. The number of nitrogens with zero attached hydrogens (tertiary/aromatic N) is 4. The summed E-state index contributed by atoms with van der Waals surface area (Å²) in [6.07, 6.45) is 0. The van der Waals surface area contributed by atoms with Crippen LogP contribution in [-0.4, -0.2) is 33.3 Å². The predicted octanol–water partition coefficient (Wildman–Crippen LogP) is 0.774. The van der Waals surface area contributed by atoms with Gasteiger partial charge < -0.3 is 10.8 Å². The molecule has 4 N–H and O–H groups in total. The molecule has 3 heterocycles. The quantitative estimate of drug-likeness (QED) is 0.609. The van der Waals surface area contributed by atoms with E-state index in [4.69, 9.17) is 5.73 Å². The number of aromatic nitrogens is 2. The zero-order valence-corrected chi connectivity index (χ0v) is 13.0. The van der Waals surface area contributed by atoms with Gasteiger partial charge in [-0.15, -0.1) is 0 Å². The van der Waals surface area contributed by atoms with Crippen molar-refractivity contribution < 1.29 is 9.90 Å². The molecule has 2 aliphatic heterocycles. The van der Waals surface area contributed by atoms with E-state index in [0.717, 1.165) is 11.0 Å². The van der Waals surface area contributed by atoms with E-state index in [2.05, 4.69) is 15.3 Å². The summed E-state index contributed by atoms with van der Waals surface area (Å²) in [6, 6.07) is 14.8. The summed E-state index contributed by atoms with van der Waals surface area (Å²) >= 11 is 0. The van der Waals surface area contributed by atoms with Gasteiger partial charge in [0.1, 0.15) is 6.73 Å². The van der Waals surface area contributed by atoms with Crippen molar-refractivity contribution in [3.8, 4) is 0 Å². The first-order valence-corrected chi connectivity index (χ1v) is 7.79. The van der Waals surface area contributed by atoms with Crippen LogP contribution in [0.2, 0.25) is 0 Å². The zero-order valence-electron chi connectivity index (χ0n) is 13.0. The number of imidazole rings is 1. The lowest BCUT2D eigenvalue weighted by molar-refractivity contribution is -0.124. The molecule has 0 saturated heterocycles. The molecule has 1 atom stereocenters. The van der Waals surface area contributed by atoms with Crippen molar-refractivity contribution in [3.63, 3.8) is 0 Å². The average molecular weight is 334 g/mol. The molecule has 0 fully saturated rings. The van der Waals surface area contributed by atoms with E-state index >= 15 is 0 Å². The number of guanidine groups is 1. The highest BCUT2D eigenvalue weighted by molar-refractivity contribution is 6.11. The average Bonchev–Trinajstić information content (AvgIpc) is 3.09. The topological polar surface area (TPSA) is 109 Å². The molecule has 0 aliphatic carbocycles. The number of aliphatic hydroxyl groups excluding tert-OH is 1. The van der Waals surface area contributed by atoms with Crippen LogP contribution in [0.1, 0.15) is 5.56 Å². The fourth-order valence-electron chi connectivity index (χ4n) is 3.69. The molecular formula is C17H14N6O2. The minimum Gasteiger partial charge on any atom is -0.376 e. The first-order chi connectivity index (χ1) is 12.2. The fraction of sp³-hybridized carbons (Fsp3) is 0.118. The van der Waals surface area contributed by atoms with Crippen molar-refractivity contribution in [2.45, 2.75) is 5.66 Å². The second-order valence-electron chi connectivity index (χ2n) is 5.95. The van der Waals surface area contributed by atoms with Gasteiger partial charge in [-0.2, -0.15) is 0 Å². The molecule has 5 rings (SSSR count). The number of anilines is 2. The molecule has 0 bridgehead atoms. The summed E-state index contributed by atoms with van der Waals surface area (Å²) in [4.78, 5) is 23.7. The van der Waals surface area contributed by atoms with Crippen LogP contribution in [0.3, 0.4) is 0 Å². The van der Waals surface area contributed by atoms with E-state index in [0.29, 0.717) is 17.2 Å². The smallest absolute Gasteiger partial charge is 0.283 e. The number of amides is 1. The van der Waals surface area contributed by atoms with Crippen LogP contribution >= 0.6 is 0 Å². The van der Waals surface area contributed by atoms with E-state index in [1.54, 1.807) is 10.6 Å². The summed E-state index contributed by atoms with van der Waals surface area (Å²) < 4.78 is 1.75. The predicted molar refractivity (Wildman–Crippen MR) is 93.1 cm³/mol. The molecule has 0 saturated carbocycles. The molecule has 2 aromatic carbocycles. The van der Waals surface area contributed by atoms with Crippen LogP contribution in [0.25, 0.3) is 11.0 Å². The van der Waals surface area contributed by atoms with Gasteiger partial charge in [0, 0.05) is 5.56 Å². The van der Waals surface area contributed by atoms with Crippen LogP contribution in [0.15, 0.2) is 53.5 Å². The van der Waals surface area contributed by atoms with Crippen molar-refractivity contribution in [1.82, 2.24) is 9.55 Å². The highest BCUT2D eigenvalue weighted by Gasteiger charge is 2.55. The summed E-state index contributed by atoms with van der Waals surface area (Å²) in [5, 5.41) is 12.7. The number of carbonyl (C=O) groups excluding carboxylic acids is 1. The molecule has 25 heavy (non-hydrogen) atoms. The molecule has 124 valence electrons. The Hall–Kier alpha value is -3.39. The van der Waals surface area contributed by atoms with Crippen molar-refractivity contribution >= 4 is 34.5 Å². The van der Waals surface area contributed by atoms with Crippen LogP contribution in [0.5, 0.6) is 0 Å². The van der Waals surface area contributed by atoms with Gasteiger partial charge in [-0.25, -0.2) is 9.98 Å².